The maximum atomic E-state index is 15.6. The molecule has 5 heterocycles. The summed E-state index contributed by atoms with van der Waals surface area (Å²) in [5.74, 6) is -0.191. The number of aromatic nitrogens is 8. The number of phosphoric ester groups is 1. The van der Waals surface area contributed by atoms with E-state index in [0.717, 1.165) is 21.6 Å². The number of imide groups is 1. The summed E-state index contributed by atoms with van der Waals surface area (Å²) in [5, 5.41) is 25.4. The number of fused-ring (bicyclic) bond motifs is 2. The fourth-order valence-corrected chi connectivity index (χ4v) is 12.6. The molecule has 11 aromatic rings. The maximum Gasteiger partial charge on any atom is 0.475 e. The Kier molecular flexibility index (Phi) is 21.4. The van der Waals surface area contributed by atoms with Gasteiger partial charge in [0.25, 0.3) is 23.2 Å². The van der Waals surface area contributed by atoms with Gasteiger partial charge in [-0.3, -0.25) is 57.8 Å². The van der Waals surface area contributed by atoms with Gasteiger partial charge in [0.05, 0.1) is 75.9 Å². The SMILES string of the molecule is COc1ccc(C(OC[C@@H]2C[C@@H](OP(=O)(OCCOCn3cnc4c(N(C(=O)c5ccccc5)C(=O)c5ccccc5)ncnc43)OCCc3ccc([N+](=O)[O-])cc3)[C@H](n3cnc4c(NC(=O)OCCc5ccc([N+](=O)[O-])cc5)ncnc43)O2)(c2ccccc2)c2ccc(OC)cc2)cc1. The number of carbonyl (C=O) groups excluding carboxylic acids is 3. The van der Waals surface area contributed by atoms with Crippen LogP contribution in [0.3, 0.4) is 0 Å². The van der Waals surface area contributed by atoms with Crippen molar-refractivity contribution in [3.05, 3.63) is 273 Å². The van der Waals surface area contributed by atoms with Crippen molar-refractivity contribution in [1.82, 2.24) is 39.0 Å². The molecule has 1 aliphatic rings. The van der Waals surface area contributed by atoms with Crippen molar-refractivity contribution in [2.45, 2.75) is 50.0 Å². The van der Waals surface area contributed by atoms with Crippen LogP contribution in [0.1, 0.15) is 61.2 Å². The van der Waals surface area contributed by atoms with Crippen LogP contribution in [0.4, 0.5) is 27.8 Å². The van der Waals surface area contributed by atoms with Crippen molar-refractivity contribution in [3.8, 4) is 11.5 Å². The standard InChI is InChI=1S/C70H63N12O17P/c1-91-56-30-22-52(23-31-56)70(51-16-10-5-11-17-51,53-24-32-57(92-2)33-25-53)95-41-58-40-59(68(98-58)79-45-76-60-62(71-42-73-64(60)79)77-69(85)94-36-34-47-18-26-54(27-19-47)81(86)87)99-100(90,96-37-35-48-20-28-55(29-21-48)82(88)89)97-39-38-93-46-78-44-75-61-63(78)72-43-74-65(61)80(66(83)49-12-6-3-7-13-49)67(84)50-14-8-4-9-15-50/h3-33,42-45,58-59,68H,34-41,46H2,1-2H3,(H,71,73,77,85)/t58-,59+,68+,100?/m0/s1. The highest BCUT2D eigenvalue weighted by atomic mass is 31.2. The number of nitrogens with zero attached hydrogens (tertiary/aromatic N) is 11. The zero-order chi connectivity index (χ0) is 69.6. The smallest absolute Gasteiger partial charge is 0.475 e. The second-order valence-corrected chi connectivity index (χ2v) is 24.0. The van der Waals surface area contributed by atoms with Crippen molar-refractivity contribution in [2.75, 3.05) is 57.5 Å². The van der Waals surface area contributed by atoms with Crippen LogP contribution < -0.4 is 19.7 Å². The van der Waals surface area contributed by atoms with E-state index in [0.29, 0.717) is 22.6 Å². The Morgan fingerprint density at radius 2 is 1.14 bits per heavy atom. The molecule has 12 rings (SSSR count). The van der Waals surface area contributed by atoms with Gasteiger partial charge in [-0.2, -0.15) is 0 Å². The average molecular weight is 1380 g/mol. The number of benzene rings is 7. The lowest BCUT2D eigenvalue weighted by molar-refractivity contribution is -0.385. The molecule has 0 spiro atoms. The monoisotopic (exact) mass is 1370 g/mol. The Bertz CT molecular complexity index is 4620. The van der Waals surface area contributed by atoms with Gasteiger partial charge in [0, 0.05) is 48.2 Å². The van der Waals surface area contributed by atoms with E-state index < -0.39 is 66.2 Å². The van der Waals surface area contributed by atoms with Crippen molar-refractivity contribution >= 4 is 71.1 Å². The molecule has 3 amide bonds. The van der Waals surface area contributed by atoms with E-state index in [1.54, 1.807) is 99.1 Å². The molecular formula is C70H63N12O17P. The molecule has 0 radical (unpaired) electrons. The van der Waals surface area contributed by atoms with Gasteiger partial charge in [-0.05, 0) is 82.8 Å². The molecule has 510 valence electrons. The van der Waals surface area contributed by atoms with Crippen LogP contribution in [0.2, 0.25) is 0 Å². The van der Waals surface area contributed by atoms with Crippen LogP contribution in [0.15, 0.2) is 213 Å². The van der Waals surface area contributed by atoms with E-state index in [1.165, 1.54) is 58.7 Å². The Balaban J connectivity index is 0.832. The number of carbonyl (C=O) groups is 3. The lowest BCUT2D eigenvalue weighted by Gasteiger charge is -2.37. The molecule has 29 nitrogen and oxygen atoms in total. The van der Waals surface area contributed by atoms with Crippen LogP contribution in [0.5, 0.6) is 11.5 Å². The van der Waals surface area contributed by atoms with E-state index in [-0.39, 0.29) is 109 Å². The van der Waals surface area contributed by atoms with Gasteiger partial charge in [0.1, 0.15) is 42.6 Å². The van der Waals surface area contributed by atoms with Gasteiger partial charge in [-0.25, -0.2) is 44.2 Å². The largest absolute Gasteiger partial charge is 0.497 e. The normalized spacial score (nSPS) is 15.0. The number of nitrogens with one attached hydrogen (secondary N) is 1. The lowest BCUT2D eigenvalue weighted by atomic mass is 9.80. The Labute approximate surface area is 570 Å². The predicted octanol–water partition coefficient (Wildman–Crippen LogP) is 11.8. The van der Waals surface area contributed by atoms with Crippen molar-refractivity contribution in [3.63, 3.8) is 0 Å². The van der Waals surface area contributed by atoms with Crippen LogP contribution >= 0.6 is 7.82 Å². The first-order valence-electron chi connectivity index (χ1n) is 31.2. The molecule has 0 saturated carbocycles. The van der Waals surface area contributed by atoms with Crippen LogP contribution in [-0.2, 0) is 62.3 Å². The molecule has 1 saturated heterocycles. The summed E-state index contributed by atoms with van der Waals surface area (Å²) in [4.78, 5) is 91.1. The van der Waals surface area contributed by atoms with Gasteiger partial charge < -0.3 is 28.4 Å². The number of methoxy groups -OCH3 is 2. The molecule has 4 aromatic heterocycles. The summed E-state index contributed by atoms with van der Waals surface area (Å²) in [6.07, 6.45) is 1.28. The Morgan fingerprint density at radius 3 is 1.72 bits per heavy atom. The first-order valence-corrected chi connectivity index (χ1v) is 32.7. The molecule has 1 unspecified atom stereocenters. The second-order valence-electron chi connectivity index (χ2n) is 22.4. The summed E-state index contributed by atoms with van der Waals surface area (Å²) in [5.41, 5.74) is 2.99. The third kappa shape index (κ3) is 15.6. The Morgan fingerprint density at radius 1 is 0.610 bits per heavy atom. The average Bonchev–Trinajstić information content (AvgIpc) is 0.816. The molecular weight excluding hydrogens is 1310 g/mol. The van der Waals surface area contributed by atoms with E-state index in [1.807, 2.05) is 78.9 Å². The number of non-ortho nitro benzene ring substituents is 2. The second kappa shape index (κ2) is 31.3. The number of hydrogen-bond acceptors (Lipinski definition) is 23. The Hall–Kier alpha value is -11.6. The molecule has 4 atom stereocenters. The summed E-state index contributed by atoms with van der Waals surface area (Å²) >= 11 is 0. The third-order valence-electron chi connectivity index (χ3n) is 16.2. The van der Waals surface area contributed by atoms with Crippen LogP contribution in [-0.4, -0.2) is 126 Å². The van der Waals surface area contributed by atoms with E-state index >= 15 is 4.57 Å². The fraction of sp³-hybridized carbons (Fsp3) is 0.214. The molecule has 100 heavy (non-hydrogen) atoms. The van der Waals surface area contributed by atoms with Gasteiger partial charge in [0.15, 0.2) is 40.2 Å². The minimum atomic E-state index is -4.77. The summed E-state index contributed by atoms with van der Waals surface area (Å²) in [7, 11) is -1.62. The number of nitro groups is 2. The zero-order valence-corrected chi connectivity index (χ0v) is 54.5. The van der Waals surface area contributed by atoms with Crippen molar-refractivity contribution in [2.24, 2.45) is 0 Å². The van der Waals surface area contributed by atoms with Crippen molar-refractivity contribution < 1.29 is 70.8 Å². The van der Waals surface area contributed by atoms with E-state index in [2.05, 4.69) is 35.2 Å². The third-order valence-corrected chi connectivity index (χ3v) is 17.8. The first-order chi connectivity index (χ1) is 48.7. The number of imidazole rings is 2. The van der Waals surface area contributed by atoms with Crippen molar-refractivity contribution in [1.29, 1.82) is 0 Å². The van der Waals surface area contributed by atoms with Gasteiger partial charge >= 0.3 is 13.9 Å². The first kappa shape index (κ1) is 68.4. The molecule has 0 aliphatic carbocycles. The van der Waals surface area contributed by atoms with Gasteiger partial charge in [-0.15, -0.1) is 0 Å². The van der Waals surface area contributed by atoms with Crippen LogP contribution in [0.25, 0.3) is 22.3 Å². The highest BCUT2D eigenvalue weighted by molar-refractivity contribution is 7.48. The maximum absolute atomic E-state index is 15.6. The minimum absolute atomic E-state index is 0.0316. The van der Waals surface area contributed by atoms with E-state index in [4.69, 9.17) is 42.0 Å². The molecule has 1 N–H and O–H groups in total. The number of anilines is 2. The molecule has 30 heteroatoms. The molecule has 1 fully saturated rings. The fourth-order valence-electron chi connectivity index (χ4n) is 11.3. The lowest BCUT2D eigenvalue weighted by Crippen LogP contribution is -2.38. The summed E-state index contributed by atoms with van der Waals surface area (Å²) in [6.45, 7) is -1.35. The number of ether oxygens (including phenoxy) is 6. The summed E-state index contributed by atoms with van der Waals surface area (Å²) in [6, 6.07) is 52.7. The molecule has 1 aliphatic heterocycles. The quantitative estimate of drug-likeness (QED) is 0.0109. The number of amides is 3. The molecule has 7 aromatic carbocycles. The highest BCUT2D eigenvalue weighted by Gasteiger charge is 2.46. The highest BCUT2D eigenvalue weighted by Crippen LogP contribution is 2.54. The predicted molar refractivity (Wildman–Crippen MR) is 360 cm³/mol. The summed E-state index contributed by atoms with van der Waals surface area (Å²) < 4.78 is 74.6. The number of nitro benzene ring substituents is 2. The van der Waals surface area contributed by atoms with Gasteiger partial charge in [-0.1, -0.05) is 115 Å². The van der Waals surface area contributed by atoms with Crippen LogP contribution in [0, 0.1) is 20.2 Å². The topological polar surface area (TPSA) is 340 Å². The number of rotatable bonds is 30. The van der Waals surface area contributed by atoms with Gasteiger partial charge in [0.2, 0.25) is 0 Å². The minimum Gasteiger partial charge on any atom is -0.497 e. The molecule has 0 bridgehead atoms. The van der Waals surface area contributed by atoms with E-state index in [9.17, 15) is 34.6 Å². The number of hydrogen-bond donors (Lipinski definition) is 1. The zero-order valence-electron chi connectivity index (χ0n) is 53.6. The number of phosphoric acid groups is 1.